The topological polar surface area (TPSA) is 137 Å². The fraction of sp³-hybridized carbons (Fsp3) is 0.889. The third-order valence-electron chi connectivity index (χ3n) is 10.7. The van der Waals surface area contributed by atoms with Gasteiger partial charge in [0.25, 0.3) is 0 Å². The van der Waals surface area contributed by atoms with Crippen LogP contribution in [-0.2, 0) is 14.3 Å². The van der Waals surface area contributed by atoms with E-state index in [4.69, 9.17) is 9.47 Å². The lowest BCUT2D eigenvalue weighted by molar-refractivity contribution is -0.313. The van der Waals surface area contributed by atoms with E-state index < -0.39 is 43.4 Å². The summed E-state index contributed by atoms with van der Waals surface area (Å²) < 4.78 is 11.7. The van der Waals surface area contributed by atoms with E-state index in [1.54, 1.807) is 6.92 Å². The molecule has 0 radical (unpaired) electrons. The van der Waals surface area contributed by atoms with Gasteiger partial charge in [-0.1, -0.05) is 25.5 Å². The summed E-state index contributed by atoms with van der Waals surface area (Å²) in [5.41, 5.74) is 1.23. The number of carbonyl (C=O) groups is 1. The molecule has 3 unspecified atom stereocenters. The maximum atomic E-state index is 12.4. The van der Waals surface area contributed by atoms with Gasteiger partial charge in [-0.3, -0.25) is 4.79 Å². The van der Waals surface area contributed by atoms with E-state index in [2.05, 4.69) is 19.9 Å². The Bertz CT molecular complexity index is 858. The van der Waals surface area contributed by atoms with Crippen LogP contribution in [0, 0.1) is 34.5 Å². The van der Waals surface area contributed by atoms with Gasteiger partial charge in [-0.05, 0) is 80.5 Å². The lowest BCUT2D eigenvalue weighted by Gasteiger charge is -2.58. The van der Waals surface area contributed by atoms with E-state index in [0.717, 1.165) is 32.1 Å². The second-order valence-electron chi connectivity index (χ2n) is 12.4. The fourth-order valence-corrected chi connectivity index (χ4v) is 8.81. The van der Waals surface area contributed by atoms with Gasteiger partial charge in [0.15, 0.2) is 6.29 Å². The SMILES string of the molecule is CC(=O)[C@H]1CC(O)[C@H]2[C@@H]3CC=C4CC(OC5O[C@H](CO)[C@@H](O)[C@H](O)[C@H]5O)CC[C@]4(C)[C@H]3CC[C@]12C. The summed E-state index contributed by atoms with van der Waals surface area (Å²) in [6.45, 7) is 5.77. The molecule has 3 saturated carbocycles. The highest BCUT2D eigenvalue weighted by molar-refractivity contribution is 5.79. The summed E-state index contributed by atoms with van der Waals surface area (Å²) in [6, 6.07) is 0. The molecule has 0 aromatic heterocycles. The maximum Gasteiger partial charge on any atom is 0.186 e. The van der Waals surface area contributed by atoms with Crippen molar-refractivity contribution in [3.8, 4) is 0 Å². The van der Waals surface area contributed by atoms with Gasteiger partial charge in [0, 0.05) is 5.92 Å². The molecule has 1 aliphatic heterocycles. The number of Topliss-reactive ketones (excluding diaryl/α,β-unsaturated/α-hetero) is 1. The van der Waals surface area contributed by atoms with Crippen molar-refractivity contribution in [2.24, 2.45) is 34.5 Å². The Morgan fingerprint density at radius 2 is 1.86 bits per heavy atom. The monoisotopic (exact) mass is 494 g/mol. The Kier molecular flexibility index (Phi) is 6.74. The number of fused-ring (bicyclic) bond motifs is 5. The van der Waals surface area contributed by atoms with Gasteiger partial charge >= 0.3 is 0 Å². The average Bonchev–Trinajstić information content (AvgIpc) is 3.10. The van der Waals surface area contributed by atoms with Crippen molar-refractivity contribution < 1.29 is 39.8 Å². The lowest BCUT2D eigenvalue weighted by atomic mass is 9.47. The first kappa shape index (κ1) is 25.8. The molecular weight excluding hydrogens is 452 g/mol. The predicted molar refractivity (Wildman–Crippen MR) is 126 cm³/mol. The van der Waals surface area contributed by atoms with Crippen LogP contribution in [0.25, 0.3) is 0 Å². The molecule has 5 rings (SSSR count). The van der Waals surface area contributed by atoms with Crippen molar-refractivity contribution in [2.75, 3.05) is 6.61 Å². The minimum absolute atomic E-state index is 0.00746. The molecule has 5 aliphatic rings. The molecule has 0 bridgehead atoms. The van der Waals surface area contributed by atoms with Crippen LogP contribution < -0.4 is 0 Å². The predicted octanol–water partition coefficient (Wildman–Crippen LogP) is 1.31. The van der Waals surface area contributed by atoms with Gasteiger partial charge in [-0.15, -0.1) is 0 Å². The Labute approximate surface area is 207 Å². The molecule has 0 aromatic carbocycles. The molecule has 1 saturated heterocycles. The highest BCUT2D eigenvalue weighted by atomic mass is 16.7. The molecule has 0 aromatic rings. The summed E-state index contributed by atoms with van der Waals surface area (Å²) in [7, 11) is 0. The highest BCUT2D eigenvalue weighted by Crippen LogP contribution is 2.66. The third-order valence-corrected chi connectivity index (χ3v) is 10.7. The van der Waals surface area contributed by atoms with E-state index in [-0.39, 0.29) is 34.6 Å². The normalized spacial score (nSPS) is 53.8. The zero-order valence-corrected chi connectivity index (χ0v) is 21.0. The van der Waals surface area contributed by atoms with Crippen LogP contribution in [0.3, 0.4) is 0 Å². The number of carbonyl (C=O) groups excluding carboxylic acids is 1. The smallest absolute Gasteiger partial charge is 0.186 e. The summed E-state index contributed by atoms with van der Waals surface area (Å²) in [5, 5.41) is 51.0. The van der Waals surface area contributed by atoms with Crippen LogP contribution in [0.4, 0.5) is 0 Å². The van der Waals surface area contributed by atoms with Gasteiger partial charge < -0.3 is 35.0 Å². The quantitative estimate of drug-likeness (QED) is 0.369. The van der Waals surface area contributed by atoms with Crippen molar-refractivity contribution in [1.82, 2.24) is 0 Å². The second kappa shape index (κ2) is 9.15. The number of hydrogen-bond donors (Lipinski definition) is 5. The van der Waals surface area contributed by atoms with Crippen LogP contribution in [-0.4, -0.2) is 80.8 Å². The van der Waals surface area contributed by atoms with E-state index in [1.807, 2.05) is 0 Å². The summed E-state index contributed by atoms with van der Waals surface area (Å²) in [6.07, 6.45) is 1.28. The molecule has 0 spiro atoms. The van der Waals surface area contributed by atoms with Crippen LogP contribution in [0.5, 0.6) is 0 Å². The standard InChI is InChI=1S/C27H42O8/c1-13(29)18-11-19(30)21-16-5-4-14-10-15(6-8-26(14,2)17(16)7-9-27(18,21)3)34-25-24(33)23(32)22(31)20(12-28)35-25/h4,15-25,28,30-33H,5-12H2,1-3H3/t15?,16-,17+,18-,19?,20-,21-,22-,23+,24-,25?,26+,27-/m1/s1. The van der Waals surface area contributed by atoms with Crippen molar-refractivity contribution in [1.29, 1.82) is 0 Å². The molecule has 1 heterocycles. The van der Waals surface area contributed by atoms with Gasteiger partial charge in [-0.25, -0.2) is 0 Å². The molecule has 4 aliphatic carbocycles. The van der Waals surface area contributed by atoms with Crippen LogP contribution in [0.15, 0.2) is 11.6 Å². The third kappa shape index (κ3) is 3.95. The number of ether oxygens (including phenoxy) is 2. The van der Waals surface area contributed by atoms with E-state index in [1.165, 1.54) is 5.57 Å². The minimum Gasteiger partial charge on any atom is -0.394 e. The molecule has 0 amide bonds. The number of allylic oxidation sites excluding steroid dienone is 1. The van der Waals surface area contributed by atoms with Crippen LogP contribution in [0.1, 0.15) is 65.7 Å². The maximum absolute atomic E-state index is 12.4. The van der Waals surface area contributed by atoms with Crippen molar-refractivity contribution in [3.05, 3.63) is 11.6 Å². The first-order valence-corrected chi connectivity index (χ1v) is 13.3. The number of rotatable bonds is 4. The van der Waals surface area contributed by atoms with E-state index >= 15 is 0 Å². The number of aliphatic hydroxyl groups excluding tert-OH is 5. The zero-order valence-electron chi connectivity index (χ0n) is 21.0. The summed E-state index contributed by atoms with van der Waals surface area (Å²) in [5.74, 6) is 1.12. The summed E-state index contributed by atoms with van der Waals surface area (Å²) in [4.78, 5) is 12.4. The molecule has 8 nitrogen and oxygen atoms in total. The average molecular weight is 495 g/mol. The number of ketones is 1. The minimum atomic E-state index is -1.44. The van der Waals surface area contributed by atoms with Crippen molar-refractivity contribution >= 4 is 5.78 Å². The molecular formula is C27H42O8. The molecule has 8 heteroatoms. The Morgan fingerprint density at radius 1 is 1.11 bits per heavy atom. The van der Waals surface area contributed by atoms with Gasteiger partial charge in [-0.2, -0.15) is 0 Å². The largest absolute Gasteiger partial charge is 0.394 e. The molecule has 198 valence electrons. The molecule has 4 fully saturated rings. The van der Waals surface area contributed by atoms with Crippen molar-refractivity contribution in [3.63, 3.8) is 0 Å². The zero-order chi connectivity index (χ0) is 25.3. The first-order valence-electron chi connectivity index (χ1n) is 13.3. The number of aliphatic hydroxyl groups is 5. The Morgan fingerprint density at radius 3 is 2.54 bits per heavy atom. The van der Waals surface area contributed by atoms with E-state index in [9.17, 15) is 30.3 Å². The molecule has 35 heavy (non-hydrogen) atoms. The number of hydrogen-bond acceptors (Lipinski definition) is 8. The Balaban J connectivity index is 1.31. The molecule has 5 N–H and O–H groups in total. The van der Waals surface area contributed by atoms with Gasteiger partial charge in [0.2, 0.25) is 0 Å². The van der Waals surface area contributed by atoms with Crippen molar-refractivity contribution in [2.45, 2.75) is 109 Å². The Hall–Kier alpha value is -0.870. The van der Waals surface area contributed by atoms with Crippen LogP contribution in [0.2, 0.25) is 0 Å². The second-order valence-corrected chi connectivity index (χ2v) is 12.4. The lowest BCUT2D eigenvalue weighted by Crippen LogP contribution is -2.60. The van der Waals surface area contributed by atoms with Gasteiger partial charge in [0.1, 0.15) is 30.2 Å². The van der Waals surface area contributed by atoms with Crippen LogP contribution >= 0.6 is 0 Å². The molecule has 13 atom stereocenters. The highest BCUT2D eigenvalue weighted by Gasteiger charge is 2.62. The summed E-state index contributed by atoms with van der Waals surface area (Å²) >= 11 is 0. The first-order chi connectivity index (χ1) is 16.5. The van der Waals surface area contributed by atoms with E-state index in [0.29, 0.717) is 24.7 Å². The van der Waals surface area contributed by atoms with Gasteiger partial charge in [0.05, 0.1) is 18.8 Å². The fourth-order valence-electron chi connectivity index (χ4n) is 8.81.